The van der Waals surface area contributed by atoms with E-state index in [0.29, 0.717) is 12.1 Å². The van der Waals surface area contributed by atoms with Crippen molar-refractivity contribution < 1.29 is 4.79 Å². The van der Waals surface area contributed by atoms with E-state index in [1.165, 1.54) is 0 Å². The Morgan fingerprint density at radius 2 is 2.21 bits per heavy atom. The van der Waals surface area contributed by atoms with Crippen LogP contribution in [0.1, 0.15) is 15.4 Å². The van der Waals surface area contributed by atoms with Gasteiger partial charge in [0.2, 0.25) is 0 Å². The van der Waals surface area contributed by atoms with Gasteiger partial charge in [-0.15, -0.1) is 11.3 Å². The Morgan fingerprint density at radius 1 is 1.37 bits per heavy atom. The minimum absolute atomic E-state index is 0.0518. The van der Waals surface area contributed by atoms with Crippen LogP contribution in [0.25, 0.3) is 11.3 Å². The highest BCUT2D eigenvalue weighted by Crippen LogP contribution is 2.22. The van der Waals surface area contributed by atoms with Crippen LogP contribution in [-0.4, -0.2) is 31.0 Å². The van der Waals surface area contributed by atoms with Gasteiger partial charge in [0.1, 0.15) is 0 Å². The molecule has 4 nitrogen and oxygen atoms in total. The molecule has 1 aromatic carbocycles. The van der Waals surface area contributed by atoms with E-state index >= 15 is 0 Å². The molecule has 0 aliphatic rings. The smallest absolute Gasteiger partial charge is 0.251 e. The lowest BCUT2D eigenvalue weighted by Gasteiger charge is -2.05. The average Bonchev–Trinajstić information content (AvgIpc) is 2.86. The van der Waals surface area contributed by atoms with E-state index in [-0.39, 0.29) is 5.91 Å². The van der Waals surface area contributed by atoms with Crippen molar-refractivity contribution in [3.05, 3.63) is 40.2 Å². The first-order chi connectivity index (χ1) is 9.20. The number of hydrogen-bond donors (Lipinski definition) is 2. The summed E-state index contributed by atoms with van der Waals surface area (Å²) in [5.74, 6) is -0.0518. The first kappa shape index (κ1) is 13.7. The van der Waals surface area contributed by atoms with Gasteiger partial charge in [0, 0.05) is 29.6 Å². The molecule has 0 aliphatic carbocycles. The molecule has 5 heteroatoms. The number of nitrogens with one attached hydrogen (secondary N) is 2. The number of aryl methyl sites for hydroxylation is 1. The van der Waals surface area contributed by atoms with Crippen molar-refractivity contribution >= 4 is 17.2 Å². The molecule has 2 aromatic rings. The lowest BCUT2D eigenvalue weighted by molar-refractivity contribution is 0.0954. The summed E-state index contributed by atoms with van der Waals surface area (Å²) in [6.45, 7) is 3.36. The Kier molecular flexibility index (Phi) is 4.65. The SMILES string of the molecule is CNCCNC(=O)c1cccc(-c2csc(C)n2)c1. The topological polar surface area (TPSA) is 54.0 Å². The number of carbonyl (C=O) groups excluding carboxylic acids is 1. The van der Waals surface area contributed by atoms with Gasteiger partial charge in [-0.3, -0.25) is 4.79 Å². The van der Waals surface area contributed by atoms with Crippen LogP contribution in [0.5, 0.6) is 0 Å². The van der Waals surface area contributed by atoms with Crippen molar-refractivity contribution in [2.45, 2.75) is 6.92 Å². The summed E-state index contributed by atoms with van der Waals surface area (Å²) in [6, 6.07) is 7.55. The summed E-state index contributed by atoms with van der Waals surface area (Å²) in [4.78, 5) is 16.4. The van der Waals surface area contributed by atoms with Gasteiger partial charge in [-0.2, -0.15) is 0 Å². The summed E-state index contributed by atoms with van der Waals surface area (Å²) >= 11 is 1.61. The van der Waals surface area contributed by atoms with Gasteiger partial charge in [0.05, 0.1) is 10.7 Å². The van der Waals surface area contributed by atoms with E-state index in [1.54, 1.807) is 11.3 Å². The van der Waals surface area contributed by atoms with Crippen molar-refractivity contribution in [2.75, 3.05) is 20.1 Å². The zero-order valence-corrected chi connectivity index (χ0v) is 11.9. The van der Waals surface area contributed by atoms with Crippen molar-refractivity contribution in [3.8, 4) is 11.3 Å². The highest BCUT2D eigenvalue weighted by molar-refractivity contribution is 7.09. The second-order valence-corrected chi connectivity index (χ2v) is 5.25. The van der Waals surface area contributed by atoms with Crippen LogP contribution < -0.4 is 10.6 Å². The fourth-order valence-corrected chi connectivity index (χ4v) is 2.34. The van der Waals surface area contributed by atoms with Crippen LogP contribution in [0.15, 0.2) is 29.6 Å². The predicted octanol–water partition coefficient (Wildman–Crippen LogP) is 2.07. The fraction of sp³-hybridized carbons (Fsp3) is 0.286. The summed E-state index contributed by atoms with van der Waals surface area (Å²) < 4.78 is 0. The molecular weight excluding hydrogens is 258 g/mol. The summed E-state index contributed by atoms with van der Waals surface area (Å²) in [5, 5.41) is 8.89. The molecule has 0 saturated heterocycles. The maximum atomic E-state index is 12.0. The molecule has 0 atom stereocenters. The van der Waals surface area contributed by atoms with Gasteiger partial charge in [-0.1, -0.05) is 12.1 Å². The number of aromatic nitrogens is 1. The Morgan fingerprint density at radius 3 is 2.89 bits per heavy atom. The van der Waals surface area contributed by atoms with Gasteiger partial charge in [0.15, 0.2) is 0 Å². The number of thiazole rings is 1. The first-order valence-corrected chi connectivity index (χ1v) is 7.04. The molecule has 0 unspecified atom stereocenters. The molecule has 1 amide bonds. The van der Waals surface area contributed by atoms with Gasteiger partial charge in [-0.25, -0.2) is 4.98 Å². The first-order valence-electron chi connectivity index (χ1n) is 6.16. The van der Waals surface area contributed by atoms with Crippen molar-refractivity contribution in [2.24, 2.45) is 0 Å². The Bertz CT molecular complexity index is 565. The van der Waals surface area contributed by atoms with Crippen molar-refractivity contribution in [1.29, 1.82) is 0 Å². The minimum Gasteiger partial charge on any atom is -0.351 e. The molecule has 1 aromatic heterocycles. The fourth-order valence-electron chi connectivity index (χ4n) is 1.72. The third-order valence-electron chi connectivity index (χ3n) is 2.70. The number of likely N-dealkylation sites (N-methyl/N-ethyl adjacent to an activating group) is 1. The number of amides is 1. The molecule has 2 N–H and O–H groups in total. The van der Waals surface area contributed by atoms with Crippen LogP contribution in [0.4, 0.5) is 0 Å². The zero-order valence-electron chi connectivity index (χ0n) is 11.1. The maximum absolute atomic E-state index is 12.0. The molecule has 0 spiro atoms. The minimum atomic E-state index is -0.0518. The van der Waals surface area contributed by atoms with Crippen LogP contribution in [0.2, 0.25) is 0 Å². The number of carbonyl (C=O) groups is 1. The van der Waals surface area contributed by atoms with Gasteiger partial charge in [0.25, 0.3) is 5.91 Å². The Balaban J connectivity index is 2.13. The molecule has 0 bridgehead atoms. The molecule has 0 aliphatic heterocycles. The monoisotopic (exact) mass is 275 g/mol. The third-order valence-corrected chi connectivity index (χ3v) is 3.47. The van der Waals surface area contributed by atoms with E-state index in [2.05, 4.69) is 15.6 Å². The van der Waals surface area contributed by atoms with E-state index in [4.69, 9.17) is 0 Å². The highest BCUT2D eigenvalue weighted by Gasteiger charge is 2.08. The number of rotatable bonds is 5. The van der Waals surface area contributed by atoms with E-state index in [0.717, 1.165) is 22.8 Å². The molecular formula is C14H17N3OS. The van der Waals surface area contributed by atoms with Crippen molar-refractivity contribution in [1.82, 2.24) is 15.6 Å². The van der Waals surface area contributed by atoms with Crippen LogP contribution in [0.3, 0.4) is 0 Å². The molecule has 2 rings (SSSR count). The largest absolute Gasteiger partial charge is 0.351 e. The number of nitrogens with zero attached hydrogens (tertiary/aromatic N) is 1. The molecule has 100 valence electrons. The zero-order chi connectivity index (χ0) is 13.7. The van der Waals surface area contributed by atoms with Crippen LogP contribution in [-0.2, 0) is 0 Å². The van der Waals surface area contributed by atoms with E-state index in [9.17, 15) is 4.79 Å². The highest BCUT2D eigenvalue weighted by atomic mass is 32.1. The molecule has 1 heterocycles. The van der Waals surface area contributed by atoms with Crippen molar-refractivity contribution in [3.63, 3.8) is 0 Å². The van der Waals surface area contributed by atoms with Crippen LogP contribution in [0, 0.1) is 6.92 Å². The maximum Gasteiger partial charge on any atom is 0.251 e. The number of hydrogen-bond acceptors (Lipinski definition) is 4. The lowest BCUT2D eigenvalue weighted by atomic mass is 10.1. The molecule has 19 heavy (non-hydrogen) atoms. The third kappa shape index (κ3) is 3.62. The van der Waals surface area contributed by atoms with Crippen LogP contribution >= 0.6 is 11.3 Å². The molecule has 0 saturated carbocycles. The summed E-state index contributed by atoms with van der Waals surface area (Å²) in [6.07, 6.45) is 0. The normalized spacial score (nSPS) is 10.4. The van der Waals surface area contributed by atoms with E-state index in [1.807, 2.05) is 43.6 Å². The van der Waals surface area contributed by atoms with Gasteiger partial charge in [-0.05, 0) is 26.1 Å². The molecule has 0 radical (unpaired) electrons. The Labute approximate surface area is 116 Å². The summed E-state index contributed by atoms with van der Waals surface area (Å²) in [7, 11) is 1.86. The average molecular weight is 275 g/mol. The second kappa shape index (κ2) is 6.45. The Hall–Kier alpha value is -1.72. The summed E-state index contributed by atoms with van der Waals surface area (Å²) in [5.41, 5.74) is 2.57. The standard InChI is InChI=1S/C14H17N3OS/c1-10-17-13(9-19-10)11-4-3-5-12(8-11)14(18)16-7-6-15-2/h3-5,8-9,15H,6-7H2,1-2H3,(H,16,18). The second-order valence-electron chi connectivity index (χ2n) is 4.19. The number of benzene rings is 1. The molecule has 0 fully saturated rings. The lowest BCUT2D eigenvalue weighted by Crippen LogP contribution is -2.30. The van der Waals surface area contributed by atoms with Gasteiger partial charge >= 0.3 is 0 Å². The predicted molar refractivity (Wildman–Crippen MR) is 78.5 cm³/mol. The quantitative estimate of drug-likeness (QED) is 0.821. The van der Waals surface area contributed by atoms with E-state index < -0.39 is 0 Å². The van der Waals surface area contributed by atoms with Gasteiger partial charge < -0.3 is 10.6 Å².